The van der Waals surface area contributed by atoms with Gasteiger partial charge in [-0.05, 0) is 75.4 Å². The first-order chi connectivity index (χ1) is 10.1. The van der Waals surface area contributed by atoms with Gasteiger partial charge in [0.15, 0.2) is 0 Å². The van der Waals surface area contributed by atoms with E-state index in [4.69, 9.17) is 0 Å². The molecule has 1 aromatic carbocycles. The normalized spacial score (nSPS) is 19.5. The van der Waals surface area contributed by atoms with Crippen molar-refractivity contribution in [3.63, 3.8) is 0 Å². The number of hydrogen-bond acceptors (Lipinski definition) is 3. The average Bonchev–Trinajstić information content (AvgIpc) is 3.30. The van der Waals surface area contributed by atoms with Crippen LogP contribution >= 0.6 is 0 Å². The molecule has 0 aromatic heterocycles. The van der Waals surface area contributed by atoms with Gasteiger partial charge in [0.25, 0.3) is 5.91 Å². The van der Waals surface area contributed by atoms with Crippen LogP contribution in [0.5, 0.6) is 5.75 Å². The lowest BCUT2D eigenvalue weighted by Crippen LogP contribution is -2.40. The van der Waals surface area contributed by atoms with Crippen LogP contribution in [0, 0.1) is 12.8 Å². The van der Waals surface area contributed by atoms with Crippen molar-refractivity contribution >= 4 is 5.91 Å². The van der Waals surface area contributed by atoms with Crippen molar-refractivity contribution in [3.8, 4) is 5.75 Å². The number of rotatable bonds is 4. The summed E-state index contributed by atoms with van der Waals surface area (Å²) in [6, 6.07) is 5.46. The molecule has 21 heavy (non-hydrogen) atoms. The Hall–Kier alpha value is -1.55. The van der Waals surface area contributed by atoms with E-state index in [2.05, 4.69) is 10.2 Å². The monoisotopic (exact) mass is 288 g/mol. The quantitative estimate of drug-likeness (QED) is 0.894. The van der Waals surface area contributed by atoms with Gasteiger partial charge in [-0.1, -0.05) is 0 Å². The summed E-state index contributed by atoms with van der Waals surface area (Å²) in [5.41, 5.74) is 1.59. The minimum atomic E-state index is 0.133. The molecule has 2 N–H and O–H groups in total. The number of nitrogens with zero attached hydrogens (tertiary/aromatic N) is 1. The Morgan fingerprint density at radius 3 is 2.62 bits per heavy atom. The summed E-state index contributed by atoms with van der Waals surface area (Å²) in [7, 11) is 0. The fraction of sp³-hybridized carbons (Fsp3) is 0.588. The smallest absolute Gasteiger partial charge is 0.254 e. The number of phenolic OH excluding ortho intramolecular Hbond substituents is 1. The first kappa shape index (κ1) is 14.4. The molecule has 1 saturated heterocycles. The van der Waals surface area contributed by atoms with Crippen LogP contribution in [0.15, 0.2) is 18.2 Å². The molecule has 2 fully saturated rings. The Morgan fingerprint density at radius 1 is 1.29 bits per heavy atom. The molecule has 1 aromatic rings. The van der Waals surface area contributed by atoms with Gasteiger partial charge in [0.05, 0.1) is 0 Å². The van der Waals surface area contributed by atoms with Gasteiger partial charge in [0.2, 0.25) is 0 Å². The molecule has 1 amide bonds. The van der Waals surface area contributed by atoms with Gasteiger partial charge in [-0.2, -0.15) is 0 Å². The molecule has 0 spiro atoms. The molecule has 1 aliphatic heterocycles. The van der Waals surface area contributed by atoms with Crippen LogP contribution in [0.25, 0.3) is 0 Å². The molecular weight excluding hydrogens is 264 g/mol. The number of phenols is 1. The zero-order valence-corrected chi connectivity index (χ0v) is 12.6. The molecule has 114 valence electrons. The van der Waals surface area contributed by atoms with E-state index < -0.39 is 0 Å². The lowest BCUT2D eigenvalue weighted by molar-refractivity contribution is 0.0701. The van der Waals surface area contributed by atoms with Gasteiger partial charge in [0.1, 0.15) is 5.75 Å². The van der Waals surface area contributed by atoms with E-state index in [-0.39, 0.29) is 11.7 Å². The summed E-state index contributed by atoms with van der Waals surface area (Å²) in [6.07, 6.45) is 4.58. The minimum Gasteiger partial charge on any atom is -0.508 e. The van der Waals surface area contributed by atoms with Crippen molar-refractivity contribution in [2.45, 2.75) is 38.6 Å². The SMILES string of the molecule is Cc1cc(O)ccc1C(=O)N(CC1CCNCC1)C1CC1. The lowest BCUT2D eigenvalue weighted by Gasteiger charge is -2.30. The molecule has 0 unspecified atom stereocenters. The third-order valence-corrected chi connectivity index (χ3v) is 4.60. The van der Waals surface area contributed by atoms with E-state index in [1.165, 1.54) is 0 Å². The summed E-state index contributed by atoms with van der Waals surface area (Å²) in [4.78, 5) is 14.9. The number of aromatic hydroxyl groups is 1. The highest BCUT2D eigenvalue weighted by Crippen LogP contribution is 2.31. The van der Waals surface area contributed by atoms with Gasteiger partial charge in [-0.3, -0.25) is 4.79 Å². The predicted molar refractivity (Wildman–Crippen MR) is 82.5 cm³/mol. The van der Waals surface area contributed by atoms with E-state index in [1.807, 2.05) is 6.92 Å². The van der Waals surface area contributed by atoms with Crippen molar-refractivity contribution in [1.82, 2.24) is 10.2 Å². The van der Waals surface area contributed by atoms with Gasteiger partial charge < -0.3 is 15.3 Å². The van der Waals surface area contributed by atoms with Crippen molar-refractivity contribution in [2.24, 2.45) is 5.92 Å². The van der Waals surface area contributed by atoms with Crippen molar-refractivity contribution in [2.75, 3.05) is 19.6 Å². The van der Waals surface area contributed by atoms with Crippen LogP contribution in [0.2, 0.25) is 0 Å². The van der Waals surface area contributed by atoms with E-state index >= 15 is 0 Å². The number of nitrogens with one attached hydrogen (secondary N) is 1. The summed E-state index contributed by atoms with van der Waals surface area (Å²) in [5.74, 6) is 0.974. The minimum absolute atomic E-state index is 0.133. The highest BCUT2D eigenvalue weighted by molar-refractivity contribution is 5.96. The van der Waals surface area contributed by atoms with Crippen LogP contribution in [0.1, 0.15) is 41.6 Å². The Bertz CT molecular complexity index is 520. The third kappa shape index (κ3) is 3.38. The number of hydrogen-bond donors (Lipinski definition) is 2. The molecule has 1 saturated carbocycles. The van der Waals surface area contributed by atoms with E-state index in [9.17, 15) is 9.90 Å². The highest BCUT2D eigenvalue weighted by Gasteiger charge is 2.35. The van der Waals surface area contributed by atoms with E-state index in [0.717, 1.165) is 56.4 Å². The Kier molecular flexibility index (Phi) is 4.15. The van der Waals surface area contributed by atoms with Gasteiger partial charge in [-0.15, -0.1) is 0 Å². The molecule has 1 aliphatic carbocycles. The Labute approximate surface area is 126 Å². The van der Waals surface area contributed by atoms with Crippen LogP contribution in [0.3, 0.4) is 0 Å². The maximum Gasteiger partial charge on any atom is 0.254 e. The first-order valence-electron chi connectivity index (χ1n) is 7.96. The van der Waals surface area contributed by atoms with Crippen molar-refractivity contribution in [3.05, 3.63) is 29.3 Å². The number of aryl methyl sites for hydroxylation is 1. The number of benzene rings is 1. The van der Waals surface area contributed by atoms with Crippen molar-refractivity contribution in [1.29, 1.82) is 0 Å². The molecular formula is C17H24N2O2. The number of amides is 1. The summed E-state index contributed by atoms with van der Waals surface area (Å²) in [6.45, 7) is 4.90. The zero-order valence-electron chi connectivity index (χ0n) is 12.6. The molecule has 1 heterocycles. The summed E-state index contributed by atoms with van der Waals surface area (Å²) in [5, 5.41) is 12.9. The second-order valence-corrected chi connectivity index (χ2v) is 6.38. The topological polar surface area (TPSA) is 52.6 Å². The largest absolute Gasteiger partial charge is 0.508 e. The maximum absolute atomic E-state index is 12.9. The molecule has 0 atom stereocenters. The average molecular weight is 288 g/mol. The van der Waals surface area contributed by atoms with Crippen molar-refractivity contribution < 1.29 is 9.90 Å². The zero-order chi connectivity index (χ0) is 14.8. The van der Waals surface area contributed by atoms with Gasteiger partial charge in [-0.25, -0.2) is 0 Å². The number of carbonyl (C=O) groups is 1. The molecule has 2 aliphatic rings. The van der Waals surface area contributed by atoms with E-state index in [1.54, 1.807) is 18.2 Å². The van der Waals surface area contributed by atoms with Crippen LogP contribution < -0.4 is 5.32 Å². The second kappa shape index (κ2) is 6.06. The summed E-state index contributed by atoms with van der Waals surface area (Å²) < 4.78 is 0. The maximum atomic E-state index is 12.9. The Balaban J connectivity index is 1.75. The molecule has 4 heteroatoms. The first-order valence-corrected chi connectivity index (χ1v) is 7.96. The Morgan fingerprint density at radius 2 is 2.00 bits per heavy atom. The molecule has 0 radical (unpaired) electrons. The van der Waals surface area contributed by atoms with Gasteiger partial charge >= 0.3 is 0 Å². The van der Waals surface area contributed by atoms with Crippen LogP contribution in [0.4, 0.5) is 0 Å². The number of piperidine rings is 1. The molecule has 3 rings (SSSR count). The lowest BCUT2D eigenvalue weighted by atomic mass is 9.96. The predicted octanol–water partition coefficient (Wildman–Crippen LogP) is 2.30. The second-order valence-electron chi connectivity index (χ2n) is 6.38. The fourth-order valence-corrected chi connectivity index (χ4v) is 3.17. The van der Waals surface area contributed by atoms with Gasteiger partial charge in [0, 0.05) is 18.2 Å². The van der Waals surface area contributed by atoms with Crippen LogP contribution in [-0.2, 0) is 0 Å². The standard InChI is InChI=1S/C17H24N2O2/c1-12-10-15(20)4-5-16(12)17(21)19(14-2-3-14)11-13-6-8-18-9-7-13/h4-5,10,13-14,18,20H,2-3,6-9,11H2,1H3. The van der Waals surface area contributed by atoms with E-state index in [0.29, 0.717) is 12.0 Å². The number of carbonyl (C=O) groups excluding carboxylic acids is 1. The molecule has 4 nitrogen and oxygen atoms in total. The fourth-order valence-electron chi connectivity index (χ4n) is 3.17. The molecule has 0 bridgehead atoms. The highest BCUT2D eigenvalue weighted by atomic mass is 16.3. The third-order valence-electron chi connectivity index (χ3n) is 4.60. The van der Waals surface area contributed by atoms with Crippen LogP contribution in [-0.4, -0.2) is 41.6 Å². The summed E-state index contributed by atoms with van der Waals surface area (Å²) >= 11 is 0.